The summed E-state index contributed by atoms with van der Waals surface area (Å²) in [7, 11) is 0. The summed E-state index contributed by atoms with van der Waals surface area (Å²) in [6.07, 6.45) is 0. The van der Waals surface area contributed by atoms with Crippen molar-refractivity contribution in [1.82, 2.24) is 0 Å². The van der Waals surface area contributed by atoms with Gasteiger partial charge in [-0.05, 0) is 54.3 Å². The van der Waals surface area contributed by atoms with Gasteiger partial charge >= 0.3 is 0 Å². The summed E-state index contributed by atoms with van der Waals surface area (Å²) < 4.78 is 11.4. The van der Waals surface area contributed by atoms with E-state index in [2.05, 4.69) is 5.32 Å². The smallest absolute Gasteiger partial charge is 0.291 e. The van der Waals surface area contributed by atoms with Gasteiger partial charge in [0.15, 0.2) is 5.76 Å². The molecule has 0 aliphatic carbocycles. The number of nitro groups is 1. The van der Waals surface area contributed by atoms with Crippen molar-refractivity contribution in [2.75, 3.05) is 5.32 Å². The average Bonchev–Trinajstić information content (AvgIpc) is 3.19. The normalized spacial score (nSPS) is 10.9. The maximum absolute atomic E-state index is 12.4. The number of nitro benzene ring substituents is 1. The van der Waals surface area contributed by atoms with Gasteiger partial charge in [0.2, 0.25) is 0 Å². The molecule has 0 bridgehead atoms. The molecule has 1 amide bonds. The Labute approximate surface area is 183 Å². The summed E-state index contributed by atoms with van der Waals surface area (Å²) in [4.78, 5) is 22.7. The standard InChI is InChI=1S/C22H21ClN2O6/c1-12(2)16-10-17(23)13(3)8-21(16)30-11-15-5-7-20(31-15)22(27)24-18-9-14(25(28)29)4-6-19(18)26/h4-10,12,26H,11H2,1-3H3,(H,24,27). The summed E-state index contributed by atoms with van der Waals surface area (Å²) in [6, 6.07) is 10.1. The van der Waals surface area contributed by atoms with E-state index >= 15 is 0 Å². The first-order chi connectivity index (χ1) is 14.7. The molecule has 0 unspecified atom stereocenters. The first kappa shape index (κ1) is 22.2. The van der Waals surface area contributed by atoms with Crippen LogP contribution in [0.2, 0.25) is 5.02 Å². The molecule has 31 heavy (non-hydrogen) atoms. The van der Waals surface area contributed by atoms with Crippen LogP contribution in [0.25, 0.3) is 0 Å². The number of hydrogen-bond donors (Lipinski definition) is 2. The summed E-state index contributed by atoms with van der Waals surface area (Å²) in [5, 5.41) is 23.8. The van der Waals surface area contributed by atoms with E-state index in [1.54, 1.807) is 6.07 Å². The molecule has 3 rings (SSSR count). The van der Waals surface area contributed by atoms with Crippen molar-refractivity contribution in [1.29, 1.82) is 0 Å². The second-order valence-corrected chi connectivity index (χ2v) is 7.67. The van der Waals surface area contributed by atoms with Crippen molar-refractivity contribution in [2.24, 2.45) is 0 Å². The number of non-ortho nitro benzene ring substituents is 1. The van der Waals surface area contributed by atoms with Crippen LogP contribution < -0.4 is 10.1 Å². The summed E-state index contributed by atoms with van der Waals surface area (Å²) in [6.45, 7) is 6.05. The van der Waals surface area contributed by atoms with Crippen molar-refractivity contribution in [3.05, 3.63) is 80.2 Å². The number of phenols is 1. The van der Waals surface area contributed by atoms with Gasteiger partial charge in [0, 0.05) is 17.2 Å². The van der Waals surface area contributed by atoms with Crippen LogP contribution in [0.1, 0.15) is 47.2 Å². The zero-order valence-electron chi connectivity index (χ0n) is 17.1. The SMILES string of the molecule is Cc1cc(OCc2ccc(C(=O)Nc3cc([N+](=O)[O-])ccc3O)o2)c(C(C)C)cc1Cl. The lowest BCUT2D eigenvalue weighted by Crippen LogP contribution is -2.11. The number of nitrogens with zero attached hydrogens (tertiary/aromatic N) is 1. The number of nitrogens with one attached hydrogen (secondary N) is 1. The minimum Gasteiger partial charge on any atom is -0.506 e. The lowest BCUT2D eigenvalue weighted by atomic mass is 10.0. The molecule has 0 spiro atoms. The van der Waals surface area contributed by atoms with Gasteiger partial charge in [-0.15, -0.1) is 0 Å². The zero-order valence-corrected chi connectivity index (χ0v) is 17.9. The Balaban J connectivity index is 1.71. The summed E-state index contributed by atoms with van der Waals surface area (Å²) >= 11 is 6.22. The molecular weight excluding hydrogens is 424 g/mol. The Morgan fingerprint density at radius 3 is 2.68 bits per heavy atom. The van der Waals surface area contributed by atoms with Crippen LogP contribution in [-0.4, -0.2) is 15.9 Å². The number of hydrogen-bond acceptors (Lipinski definition) is 6. The molecule has 0 aliphatic heterocycles. The molecule has 0 aliphatic rings. The second-order valence-electron chi connectivity index (χ2n) is 7.26. The Kier molecular flexibility index (Phi) is 6.50. The molecule has 1 aromatic heterocycles. The van der Waals surface area contributed by atoms with Crippen LogP contribution in [0, 0.1) is 17.0 Å². The van der Waals surface area contributed by atoms with Crippen molar-refractivity contribution >= 4 is 28.9 Å². The van der Waals surface area contributed by atoms with Gasteiger partial charge in [0.1, 0.15) is 23.9 Å². The number of furan rings is 1. The highest BCUT2D eigenvalue weighted by Crippen LogP contribution is 2.33. The van der Waals surface area contributed by atoms with E-state index in [-0.39, 0.29) is 35.4 Å². The molecule has 9 heteroatoms. The molecule has 0 fully saturated rings. The summed E-state index contributed by atoms with van der Waals surface area (Å²) in [5.41, 5.74) is 1.49. The maximum atomic E-state index is 12.4. The number of phenolic OH excluding ortho intramolecular Hbond substituents is 1. The van der Waals surface area contributed by atoms with Gasteiger partial charge < -0.3 is 19.6 Å². The van der Waals surface area contributed by atoms with Gasteiger partial charge in [-0.25, -0.2) is 0 Å². The molecule has 3 aromatic rings. The fourth-order valence-electron chi connectivity index (χ4n) is 2.89. The first-order valence-corrected chi connectivity index (χ1v) is 9.83. The molecule has 2 aromatic carbocycles. The van der Waals surface area contributed by atoms with Gasteiger partial charge in [-0.3, -0.25) is 14.9 Å². The summed E-state index contributed by atoms with van der Waals surface area (Å²) in [5.74, 6) is 0.312. The Hall–Kier alpha value is -3.52. The third-order valence-electron chi connectivity index (χ3n) is 4.61. The topological polar surface area (TPSA) is 115 Å². The van der Waals surface area contributed by atoms with Crippen molar-refractivity contribution in [3.63, 3.8) is 0 Å². The highest BCUT2D eigenvalue weighted by atomic mass is 35.5. The largest absolute Gasteiger partial charge is 0.506 e. The Morgan fingerprint density at radius 1 is 1.26 bits per heavy atom. The lowest BCUT2D eigenvalue weighted by molar-refractivity contribution is -0.384. The molecule has 0 atom stereocenters. The van der Waals surface area contributed by atoms with Crippen LogP contribution in [0.4, 0.5) is 11.4 Å². The van der Waals surface area contributed by atoms with E-state index in [9.17, 15) is 20.0 Å². The quantitative estimate of drug-likeness (QED) is 0.270. The number of amides is 1. The van der Waals surface area contributed by atoms with E-state index in [0.29, 0.717) is 16.5 Å². The molecule has 8 nitrogen and oxygen atoms in total. The Morgan fingerprint density at radius 2 is 2.00 bits per heavy atom. The lowest BCUT2D eigenvalue weighted by Gasteiger charge is -2.15. The number of carbonyl (C=O) groups is 1. The van der Waals surface area contributed by atoms with Crippen molar-refractivity contribution < 1.29 is 24.0 Å². The number of benzene rings is 2. The number of rotatable bonds is 7. The van der Waals surface area contributed by atoms with Crippen LogP contribution in [0.3, 0.4) is 0 Å². The Bertz CT molecular complexity index is 1140. The van der Waals surface area contributed by atoms with Crippen molar-refractivity contribution in [2.45, 2.75) is 33.3 Å². The first-order valence-electron chi connectivity index (χ1n) is 9.46. The molecule has 162 valence electrons. The van der Waals surface area contributed by atoms with E-state index in [4.69, 9.17) is 20.8 Å². The zero-order chi connectivity index (χ0) is 22.7. The van der Waals surface area contributed by atoms with Gasteiger partial charge in [0.05, 0.1) is 10.6 Å². The highest BCUT2D eigenvalue weighted by Gasteiger charge is 2.17. The number of halogens is 1. The van der Waals surface area contributed by atoms with Gasteiger partial charge in [-0.2, -0.15) is 0 Å². The monoisotopic (exact) mass is 444 g/mol. The molecule has 1 heterocycles. The second kappa shape index (κ2) is 9.09. The number of carbonyl (C=O) groups excluding carboxylic acids is 1. The minimum atomic E-state index is -0.660. The third kappa shape index (κ3) is 5.16. The van der Waals surface area contributed by atoms with Crippen LogP contribution in [-0.2, 0) is 6.61 Å². The average molecular weight is 445 g/mol. The molecule has 0 saturated carbocycles. The van der Waals surface area contributed by atoms with Crippen LogP contribution in [0.15, 0.2) is 46.9 Å². The predicted molar refractivity (Wildman–Crippen MR) is 116 cm³/mol. The van der Waals surface area contributed by atoms with E-state index in [1.165, 1.54) is 6.07 Å². The van der Waals surface area contributed by atoms with Crippen LogP contribution >= 0.6 is 11.6 Å². The van der Waals surface area contributed by atoms with E-state index in [0.717, 1.165) is 29.3 Å². The molecule has 0 saturated heterocycles. The molecule has 2 N–H and O–H groups in total. The number of aromatic hydroxyl groups is 1. The molecule has 0 radical (unpaired) electrons. The third-order valence-corrected chi connectivity index (χ3v) is 5.01. The maximum Gasteiger partial charge on any atom is 0.291 e. The van der Waals surface area contributed by atoms with E-state index < -0.39 is 10.8 Å². The fraction of sp³-hybridized carbons (Fsp3) is 0.227. The number of aryl methyl sites for hydroxylation is 1. The highest BCUT2D eigenvalue weighted by molar-refractivity contribution is 6.31. The van der Waals surface area contributed by atoms with Gasteiger partial charge in [0.25, 0.3) is 11.6 Å². The van der Waals surface area contributed by atoms with Crippen molar-refractivity contribution in [3.8, 4) is 11.5 Å². The number of anilines is 1. The fourth-order valence-corrected chi connectivity index (χ4v) is 3.07. The molecular formula is C22H21ClN2O6. The van der Waals surface area contributed by atoms with Gasteiger partial charge in [-0.1, -0.05) is 25.4 Å². The van der Waals surface area contributed by atoms with Crippen LogP contribution in [0.5, 0.6) is 11.5 Å². The predicted octanol–water partition coefficient (Wildman–Crippen LogP) is 5.81. The number of ether oxygens (including phenoxy) is 1. The minimum absolute atomic E-state index is 0.0270. The van der Waals surface area contributed by atoms with E-state index in [1.807, 2.05) is 32.9 Å².